The molecule has 1 aromatic heterocycles. The summed E-state index contributed by atoms with van der Waals surface area (Å²) in [5.74, 6) is 1.06. The van der Waals surface area contributed by atoms with Crippen molar-refractivity contribution in [1.82, 2.24) is 15.2 Å². The molecule has 5 rings (SSSR count). The van der Waals surface area contributed by atoms with Gasteiger partial charge in [0.1, 0.15) is 5.52 Å². The molecule has 0 bridgehead atoms. The predicted molar refractivity (Wildman–Crippen MR) is 128 cm³/mol. The SMILES string of the molecule is CC(C(=O)NC1CCCC1)C1CCN(C(=O)c2ccc3oc(-c4ccccc4)nc3c2)CC1. The lowest BCUT2D eigenvalue weighted by Crippen LogP contribution is -2.44. The maximum atomic E-state index is 13.1. The van der Waals surface area contributed by atoms with Crippen molar-refractivity contribution in [1.29, 1.82) is 0 Å². The van der Waals surface area contributed by atoms with Gasteiger partial charge in [-0.15, -0.1) is 0 Å². The Hall–Kier alpha value is -3.15. The Bertz CT molecular complexity index is 1130. The zero-order valence-electron chi connectivity index (χ0n) is 19.1. The molecular formula is C27H31N3O3. The molecule has 0 radical (unpaired) electrons. The fourth-order valence-electron chi connectivity index (χ4n) is 5.17. The van der Waals surface area contributed by atoms with E-state index >= 15 is 0 Å². The van der Waals surface area contributed by atoms with Crippen LogP contribution in [0, 0.1) is 11.8 Å². The number of fused-ring (bicyclic) bond motifs is 1. The number of aromatic nitrogens is 1. The van der Waals surface area contributed by atoms with E-state index in [-0.39, 0.29) is 17.7 Å². The Kier molecular flexibility index (Phi) is 6.16. The number of amides is 2. The third-order valence-corrected chi connectivity index (χ3v) is 7.30. The van der Waals surface area contributed by atoms with E-state index in [4.69, 9.17) is 4.42 Å². The Morgan fingerprint density at radius 2 is 1.76 bits per heavy atom. The van der Waals surface area contributed by atoms with E-state index in [0.717, 1.165) is 31.2 Å². The van der Waals surface area contributed by atoms with E-state index in [1.807, 2.05) is 60.4 Å². The van der Waals surface area contributed by atoms with Crippen molar-refractivity contribution in [2.45, 2.75) is 51.5 Å². The van der Waals surface area contributed by atoms with Gasteiger partial charge in [0.05, 0.1) is 0 Å². The molecule has 3 aromatic rings. The molecule has 0 spiro atoms. The molecule has 33 heavy (non-hydrogen) atoms. The smallest absolute Gasteiger partial charge is 0.253 e. The number of hydrogen-bond acceptors (Lipinski definition) is 4. The van der Waals surface area contributed by atoms with E-state index < -0.39 is 0 Å². The van der Waals surface area contributed by atoms with Crippen molar-refractivity contribution < 1.29 is 14.0 Å². The van der Waals surface area contributed by atoms with Crippen molar-refractivity contribution in [3.05, 3.63) is 54.1 Å². The molecule has 1 N–H and O–H groups in total. The van der Waals surface area contributed by atoms with Gasteiger partial charge in [-0.2, -0.15) is 0 Å². The summed E-state index contributed by atoms with van der Waals surface area (Å²) in [7, 11) is 0. The topological polar surface area (TPSA) is 75.4 Å². The van der Waals surface area contributed by atoms with E-state index in [9.17, 15) is 9.59 Å². The maximum Gasteiger partial charge on any atom is 0.253 e. The van der Waals surface area contributed by atoms with Crippen LogP contribution in [0.4, 0.5) is 0 Å². The third-order valence-electron chi connectivity index (χ3n) is 7.30. The maximum absolute atomic E-state index is 13.1. The minimum Gasteiger partial charge on any atom is -0.436 e. The minimum absolute atomic E-state index is 0.00857. The normalized spacial score (nSPS) is 18.5. The molecule has 1 atom stereocenters. The largest absolute Gasteiger partial charge is 0.436 e. The molecule has 1 aliphatic heterocycles. The highest BCUT2D eigenvalue weighted by Gasteiger charge is 2.31. The summed E-state index contributed by atoms with van der Waals surface area (Å²) >= 11 is 0. The van der Waals surface area contributed by atoms with Crippen LogP contribution in [-0.2, 0) is 4.79 Å². The second-order valence-corrected chi connectivity index (χ2v) is 9.48. The number of carbonyl (C=O) groups is 2. The molecule has 6 heteroatoms. The number of nitrogens with zero attached hydrogens (tertiary/aromatic N) is 2. The highest BCUT2D eigenvalue weighted by molar-refractivity contribution is 5.97. The fraction of sp³-hybridized carbons (Fsp3) is 0.444. The predicted octanol–water partition coefficient (Wildman–Crippen LogP) is 5.04. The van der Waals surface area contributed by atoms with Gasteiger partial charge in [-0.05, 0) is 61.9 Å². The van der Waals surface area contributed by atoms with E-state index in [2.05, 4.69) is 10.3 Å². The second-order valence-electron chi connectivity index (χ2n) is 9.48. The molecule has 172 valence electrons. The van der Waals surface area contributed by atoms with Crippen molar-refractivity contribution in [3.8, 4) is 11.5 Å². The molecule has 1 unspecified atom stereocenters. The van der Waals surface area contributed by atoms with Gasteiger partial charge in [0.25, 0.3) is 5.91 Å². The van der Waals surface area contributed by atoms with Crippen LogP contribution >= 0.6 is 0 Å². The number of oxazole rings is 1. The molecule has 1 saturated heterocycles. The molecular weight excluding hydrogens is 414 g/mol. The van der Waals surface area contributed by atoms with E-state index in [0.29, 0.717) is 47.6 Å². The van der Waals surface area contributed by atoms with Gasteiger partial charge in [-0.3, -0.25) is 9.59 Å². The van der Waals surface area contributed by atoms with Crippen molar-refractivity contribution in [2.75, 3.05) is 13.1 Å². The Labute approximate surface area is 194 Å². The van der Waals surface area contributed by atoms with Crippen LogP contribution in [0.2, 0.25) is 0 Å². The van der Waals surface area contributed by atoms with Gasteiger partial charge in [-0.25, -0.2) is 4.98 Å². The lowest BCUT2D eigenvalue weighted by molar-refractivity contribution is -0.127. The first-order valence-corrected chi connectivity index (χ1v) is 12.1. The van der Waals surface area contributed by atoms with Crippen LogP contribution < -0.4 is 5.32 Å². The van der Waals surface area contributed by atoms with Gasteiger partial charge in [0.15, 0.2) is 5.58 Å². The Balaban J connectivity index is 1.21. The molecule has 2 aliphatic rings. The molecule has 2 fully saturated rings. The average Bonchev–Trinajstić information content (AvgIpc) is 3.53. The summed E-state index contributed by atoms with van der Waals surface area (Å²) in [5.41, 5.74) is 2.90. The second kappa shape index (κ2) is 9.38. The number of hydrogen-bond donors (Lipinski definition) is 1. The first kappa shape index (κ1) is 21.7. The van der Waals surface area contributed by atoms with Gasteiger partial charge < -0.3 is 14.6 Å². The van der Waals surface area contributed by atoms with Crippen LogP contribution in [0.1, 0.15) is 55.8 Å². The highest BCUT2D eigenvalue weighted by Crippen LogP contribution is 2.29. The molecule has 2 aromatic carbocycles. The number of benzene rings is 2. The third kappa shape index (κ3) is 4.65. The Morgan fingerprint density at radius 3 is 2.48 bits per heavy atom. The van der Waals surface area contributed by atoms with Crippen LogP contribution in [0.3, 0.4) is 0 Å². The van der Waals surface area contributed by atoms with Crippen LogP contribution in [0.15, 0.2) is 52.9 Å². The number of rotatable bonds is 5. The van der Waals surface area contributed by atoms with Crippen LogP contribution in [0.5, 0.6) is 0 Å². The molecule has 2 heterocycles. The first-order valence-electron chi connectivity index (χ1n) is 12.1. The van der Waals surface area contributed by atoms with Gasteiger partial charge in [0, 0.05) is 36.2 Å². The van der Waals surface area contributed by atoms with Gasteiger partial charge in [0.2, 0.25) is 11.8 Å². The van der Waals surface area contributed by atoms with Crippen molar-refractivity contribution >= 4 is 22.9 Å². The van der Waals surface area contributed by atoms with Gasteiger partial charge in [-0.1, -0.05) is 38.0 Å². The summed E-state index contributed by atoms with van der Waals surface area (Å²) in [6.07, 6.45) is 6.36. The lowest BCUT2D eigenvalue weighted by atomic mass is 9.84. The van der Waals surface area contributed by atoms with Crippen LogP contribution in [-0.4, -0.2) is 40.8 Å². The number of likely N-dealkylation sites (tertiary alicyclic amines) is 1. The summed E-state index contributed by atoms with van der Waals surface area (Å²) < 4.78 is 5.87. The number of piperidine rings is 1. The monoisotopic (exact) mass is 445 g/mol. The highest BCUT2D eigenvalue weighted by atomic mass is 16.3. The summed E-state index contributed by atoms with van der Waals surface area (Å²) in [6, 6.07) is 15.6. The zero-order valence-corrected chi connectivity index (χ0v) is 19.1. The van der Waals surface area contributed by atoms with E-state index in [1.165, 1.54) is 12.8 Å². The van der Waals surface area contributed by atoms with Crippen molar-refractivity contribution in [2.24, 2.45) is 11.8 Å². The Morgan fingerprint density at radius 1 is 1.03 bits per heavy atom. The zero-order chi connectivity index (χ0) is 22.8. The standard InChI is InChI=1S/C27H31N3O3/c1-18(25(31)28-22-9-5-6-10-22)19-13-15-30(16-14-19)27(32)21-11-12-24-23(17-21)29-26(33-24)20-7-3-2-4-8-20/h2-4,7-8,11-12,17-19,22H,5-6,9-10,13-16H2,1H3,(H,28,31). The minimum atomic E-state index is -0.00857. The number of nitrogens with one attached hydrogen (secondary N) is 1. The van der Waals surface area contributed by atoms with Crippen molar-refractivity contribution in [3.63, 3.8) is 0 Å². The van der Waals surface area contributed by atoms with Gasteiger partial charge >= 0.3 is 0 Å². The lowest BCUT2D eigenvalue weighted by Gasteiger charge is -2.34. The molecule has 1 aliphatic carbocycles. The average molecular weight is 446 g/mol. The molecule has 1 saturated carbocycles. The first-order chi connectivity index (χ1) is 16.1. The molecule has 2 amide bonds. The van der Waals surface area contributed by atoms with E-state index in [1.54, 1.807) is 0 Å². The summed E-state index contributed by atoms with van der Waals surface area (Å²) in [4.78, 5) is 32.3. The fourth-order valence-corrected chi connectivity index (χ4v) is 5.17. The van der Waals surface area contributed by atoms with Crippen LogP contribution in [0.25, 0.3) is 22.6 Å². The summed E-state index contributed by atoms with van der Waals surface area (Å²) in [5, 5.41) is 3.23. The number of carbonyl (C=O) groups excluding carboxylic acids is 2. The quantitative estimate of drug-likeness (QED) is 0.597. The molecule has 6 nitrogen and oxygen atoms in total. The summed E-state index contributed by atoms with van der Waals surface area (Å²) in [6.45, 7) is 3.39.